The maximum atomic E-state index is 5.51. The Morgan fingerprint density at radius 1 is 1.06 bits per heavy atom. The summed E-state index contributed by atoms with van der Waals surface area (Å²) in [4.78, 5) is 9.45. The van der Waals surface area contributed by atoms with Crippen molar-refractivity contribution < 1.29 is 9.47 Å². The number of unbranched alkanes of at least 4 members (excludes halogenated alkanes) is 1. The Morgan fingerprint density at radius 2 is 1.85 bits per heavy atom. The van der Waals surface area contributed by atoms with Gasteiger partial charge in [-0.05, 0) is 35.4 Å². The van der Waals surface area contributed by atoms with E-state index in [9.17, 15) is 0 Å². The smallest absolute Gasteiger partial charge is 0.228 e. The third-order valence-corrected chi connectivity index (χ3v) is 5.65. The van der Waals surface area contributed by atoms with E-state index < -0.39 is 5.79 Å². The van der Waals surface area contributed by atoms with Crippen LogP contribution >= 0.6 is 0 Å². The number of H-pyrrole nitrogens is 1. The third-order valence-electron chi connectivity index (χ3n) is 5.65. The van der Waals surface area contributed by atoms with Gasteiger partial charge in [-0.3, -0.25) is 4.98 Å². The first-order chi connectivity index (χ1) is 16.1. The molecule has 4 aromatic rings. The highest BCUT2D eigenvalue weighted by atomic mass is 16.7. The standard InChI is InChI=1S/C23H28N8O2/c1-5-6-13-31-20(25-22(28-31)23(2,32-3)33-4)14-16-11-12-19(24-15-16)17-9-7-8-10-18(17)21-26-29-30-27-21/h7-12,15H,5-6,13-14H2,1-4H3,(H,26,27,29,30). The quantitative estimate of drug-likeness (QED) is 0.367. The maximum Gasteiger partial charge on any atom is 0.228 e. The lowest BCUT2D eigenvalue weighted by Crippen LogP contribution is -2.28. The van der Waals surface area contributed by atoms with Crippen LogP contribution in [0, 0.1) is 0 Å². The van der Waals surface area contributed by atoms with E-state index in [-0.39, 0.29) is 0 Å². The number of rotatable bonds is 10. The first-order valence-corrected chi connectivity index (χ1v) is 10.9. The monoisotopic (exact) mass is 448 g/mol. The predicted molar refractivity (Wildman–Crippen MR) is 122 cm³/mol. The largest absolute Gasteiger partial charge is 0.347 e. The summed E-state index contributed by atoms with van der Waals surface area (Å²) in [6.45, 7) is 4.75. The number of nitrogens with one attached hydrogen (secondary N) is 1. The summed E-state index contributed by atoms with van der Waals surface area (Å²) in [5, 5.41) is 18.9. The van der Waals surface area contributed by atoms with E-state index in [2.05, 4.69) is 38.7 Å². The van der Waals surface area contributed by atoms with Crippen molar-refractivity contribution in [2.45, 2.75) is 45.4 Å². The van der Waals surface area contributed by atoms with Crippen molar-refractivity contribution in [3.8, 4) is 22.6 Å². The molecule has 0 aliphatic heterocycles. The van der Waals surface area contributed by atoms with Crippen LogP contribution in [0.3, 0.4) is 0 Å². The Morgan fingerprint density at radius 3 is 2.48 bits per heavy atom. The molecule has 1 aromatic carbocycles. The number of hydrogen-bond donors (Lipinski definition) is 1. The molecule has 0 radical (unpaired) electrons. The number of ether oxygens (including phenoxy) is 2. The molecule has 10 nitrogen and oxygen atoms in total. The Kier molecular flexibility index (Phi) is 6.85. The zero-order chi connectivity index (χ0) is 23.3. The van der Waals surface area contributed by atoms with Crippen LogP contribution in [0.4, 0.5) is 0 Å². The maximum absolute atomic E-state index is 5.51. The van der Waals surface area contributed by atoms with Crippen LogP contribution in [0.25, 0.3) is 22.6 Å². The summed E-state index contributed by atoms with van der Waals surface area (Å²) >= 11 is 0. The lowest BCUT2D eigenvalue weighted by atomic mass is 10.0. The van der Waals surface area contributed by atoms with Crippen LogP contribution in [0.1, 0.15) is 43.9 Å². The first-order valence-electron chi connectivity index (χ1n) is 10.9. The van der Waals surface area contributed by atoms with Gasteiger partial charge in [0.2, 0.25) is 11.6 Å². The van der Waals surface area contributed by atoms with E-state index in [0.717, 1.165) is 47.6 Å². The number of benzene rings is 1. The van der Waals surface area contributed by atoms with Crippen molar-refractivity contribution in [3.63, 3.8) is 0 Å². The molecular weight excluding hydrogens is 420 g/mol. The zero-order valence-electron chi connectivity index (χ0n) is 19.3. The second kappa shape index (κ2) is 9.97. The Labute approximate surface area is 192 Å². The zero-order valence-corrected chi connectivity index (χ0v) is 19.3. The highest BCUT2D eigenvalue weighted by molar-refractivity contribution is 5.78. The summed E-state index contributed by atoms with van der Waals surface area (Å²) in [6, 6.07) is 11.9. The van der Waals surface area contributed by atoms with E-state index in [4.69, 9.17) is 19.4 Å². The molecule has 0 fully saturated rings. The van der Waals surface area contributed by atoms with Crippen LogP contribution in [0.5, 0.6) is 0 Å². The van der Waals surface area contributed by atoms with Gasteiger partial charge in [-0.15, -0.1) is 5.10 Å². The second-order valence-electron chi connectivity index (χ2n) is 7.81. The minimum absolute atomic E-state index is 0.512. The molecule has 0 unspecified atom stereocenters. The summed E-state index contributed by atoms with van der Waals surface area (Å²) in [5.41, 5.74) is 3.72. The van der Waals surface area contributed by atoms with Gasteiger partial charge in [-0.25, -0.2) is 14.8 Å². The van der Waals surface area contributed by atoms with Crippen molar-refractivity contribution in [1.82, 2.24) is 40.4 Å². The van der Waals surface area contributed by atoms with Gasteiger partial charge >= 0.3 is 0 Å². The third kappa shape index (κ3) is 4.81. The SMILES string of the molecule is CCCCn1nc(C(C)(OC)OC)nc1Cc1ccc(-c2ccccc2-c2nnn[nH]2)nc1. The molecule has 0 amide bonds. The van der Waals surface area contributed by atoms with Gasteiger partial charge < -0.3 is 9.47 Å². The van der Waals surface area contributed by atoms with E-state index >= 15 is 0 Å². The topological polar surface area (TPSA) is 117 Å². The van der Waals surface area contributed by atoms with Crippen LogP contribution in [-0.4, -0.2) is 54.6 Å². The van der Waals surface area contributed by atoms with Crippen molar-refractivity contribution in [2.24, 2.45) is 0 Å². The molecule has 0 bridgehead atoms. The summed E-state index contributed by atoms with van der Waals surface area (Å²) in [5.74, 6) is 0.972. The van der Waals surface area contributed by atoms with Crippen molar-refractivity contribution in [1.29, 1.82) is 0 Å². The van der Waals surface area contributed by atoms with Gasteiger partial charge in [0.05, 0.1) is 5.69 Å². The van der Waals surface area contributed by atoms with E-state index in [0.29, 0.717) is 18.1 Å². The molecule has 4 rings (SSSR count). The van der Waals surface area contributed by atoms with Crippen molar-refractivity contribution in [2.75, 3.05) is 14.2 Å². The van der Waals surface area contributed by atoms with E-state index in [1.54, 1.807) is 14.2 Å². The molecule has 3 aromatic heterocycles. The predicted octanol–water partition coefficient (Wildman–Crippen LogP) is 3.38. The fourth-order valence-electron chi connectivity index (χ4n) is 3.51. The molecule has 172 valence electrons. The van der Waals surface area contributed by atoms with Gasteiger partial charge in [0.15, 0.2) is 5.82 Å². The molecule has 0 atom stereocenters. The first kappa shape index (κ1) is 22.7. The molecule has 0 saturated heterocycles. The molecule has 0 aliphatic rings. The number of hydrogen-bond acceptors (Lipinski definition) is 8. The minimum atomic E-state index is -0.992. The normalized spacial score (nSPS) is 11.8. The highest BCUT2D eigenvalue weighted by Gasteiger charge is 2.32. The van der Waals surface area contributed by atoms with Gasteiger partial charge in [0.1, 0.15) is 5.82 Å². The average Bonchev–Trinajstić information content (AvgIpc) is 3.53. The number of methoxy groups -OCH3 is 2. The van der Waals surface area contributed by atoms with Crippen LogP contribution < -0.4 is 0 Å². The molecule has 3 heterocycles. The number of nitrogens with zero attached hydrogens (tertiary/aromatic N) is 7. The molecule has 0 saturated carbocycles. The lowest BCUT2D eigenvalue weighted by molar-refractivity contribution is -0.207. The summed E-state index contributed by atoms with van der Waals surface area (Å²) in [6.07, 6.45) is 4.55. The van der Waals surface area contributed by atoms with Crippen molar-refractivity contribution in [3.05, 3.63) is 59.8 Å². The van der Waals surface area contributed by atoms with E-state index in [1.807, 2.05) is 48.1 Å². The summed E-state index contributed by atoms with van der Waals surface area (Å²) in [7, 11) is 3.18. The fourth-order valence-corrected chi connectivity index (χ4v) is 3.51. The van der Waals surface area contributed by atoms with Crippen LogP contribution in [-0.2, 0) is 28.2 Å². The molecule has 1 N–H and O–H groups in total. The Bertz CT molecular complexity index is 1170. The number of aromatic amines is 1. The minimum Gasteiger partial charge on any atom is -0.347 e. The Balaban J connectivity index is 1.61. The lowest BCUT2D eigenvalue weighted by Gasteiger charge is -2.22. The van der Waals surface area contributed by atoms with Crippen LogP contribution in [0.2, 0.25) is 0 Å². The number of tetrazole rings is 1. The number of pyridine rings is 1. The Hall–Kier alpha value is -3.50. The number of aromatic nitrogens is 8. The van der Waals surface area contributed by atoms with Crippen molar-refractivity contribution >= 4 is 0 Å². The van der Waals surface area contributed by atoms with Gasteiger partial charge in [0, 0.05) is 44.5 Å². The summed E-state index contributed by atoms with van der Waals surface area (Å²) < 4.78 is 13.0. The molecule has 33 heavy (non-hydrogen) atoms. The highest BCUT2D eigenvalue weighted by Crippen LogP contribution is 2.28. The second-order valence-corrected chi connectivity index (χ2v) is 7.81. The number of aryl methyl sites for hydroxylation is 1. The molecule has 0 spiro atoms. The average molecular weight is 449 g/mol. The van der Waals surface area contributed by atoms with Gasteiger partial charge in [-0.1, -0.05) is 43.7 Å². The molecular formula is C23H28N8O2. The van der Waals surface area contributed by atoms with Gasteiger partial charge in [-0.2, -0.15) is 5.10 Å². The van der Waals surface area contributed by atoms with E-state index in [1.165, 1.54) is 0 Å². The fraction of sp³-hybridized carbons (Fsp3) is 0.391. The van der Waals surface area contributed by atoms with Crippen LogP contribution in [0.15, 0.2) is 42.6 Å². The molecule has 0 aliphatic carbocycles. The molecule has 10 heteroatoms. The van der Waals surface area contributed by atoms with Gasteiger partial charge in [0.25, 0.3) is 0 Å².